The van der Waals surface area contributed by atoms with Gasteiger partial charge in [0.2, 0.25) is 0 Å². The molecule has 0 heterocycles. The van der Waals surface area contributed by atoms with Gasteiger partial charge in [0.1, 0.15) is 12.6 Å². The summed E-state index contributed by atoms with van der Waals surface area (Å²) in [5, 5.41) is 2.55. The van der Waals surface area contributed by atoms with E-state index >= 15 is 0 Å². The van der Waals surface area contributed by atoms with E-state index in [-0.39, 0.29) is 12.5 Å². The van der Waals surface area contributed by atoms with Crippen LogP contribution in [0.4, 0.5) is 4.79 Å². The van der Waals surface area contributed by atoms with Gasteiger partial charge >= 0.3 is 12.1 Å². The Labute approximate surface area is 119 Å². The molecule has 0 bridgehead atoms. The van der Waals surface area contributed by atoms with Crippen molar-refractivity contribution >= 4 is 12.1 Å². The lowest BCUT2D eigenvalue weighted by atomic mass is 9.99. The Bertz CT molecular complexity index is 433. The molecule has 1 rings (SSSR count). The van der Waals surface area contributed by atoms with E-state index in [1.807, 2.05) is 44.2 Å². The van der Waals surface area contributed by atoms with Crippen molar-refractivity contribution in [2.45, 2.75) is 32.9 Å². The summed E-state index contributed by atoms with van der Waals surface area (Å²) in [5.41, 5.74) is 0.890. The lowest BCUT2D eigenvalue weighted by Crippen LogP contribution is -2.45. The molecule has 1 amide bonds. The van der Waals surface area contributed by atoms with Gasteiger partial charge in [-0.2, -0.15) is 0 Å². The molecule has 1 aromatic rings. The molecule has 0 aliphatic carbocycles. The highest BCUT2D eigenvalue weighted by atomic mass is 16.6. The SMILES string of the molecule is CCC(C)C(NC(=O)OCc1ccccc1)C(=O)OC. The Morgan fingerprint density at radius 1 is 1.25 bits per heavy atom. The van der Waals surface area contributed by atoms with Gasteiger partial charge in [0.25, 0.3) is 0 Å². The smallest absolute Gasteiger partial charge is 0.408 e. The van der Waals surface area contributed by atoms with E-state index in [4.69, 9.17) is 4.74 Å². The zero-order chi connectivity index (χ0) is 15.0. The third-order valence-electron chi connectivity index (χ3n) is 3.15. The van der Waals surface area contributed by atoms with Crippen molar-refractivity contribution < 1.29 is 19.1 Å². The lowest BCUT2D eigenvalue weighted by molar-refractivity contribution is -0.144. The van der Waals surface area contributed by atoms with Gasteiger partial charge in [-0.1, -0.05) is 50.6 Å². The average molecular weight is 279 g/mol. The zero-order valence-corrected chi connectivity index (χ0v) is 12.1. The quantitative estimate of drug-likeness (QED) is 0.813. The maximum atomic E-state index is 11.7. The maximum absolute atomic E-state index is 11.7. The van der Waals surface area contributed by atoms with E-state index in [1.165, 1.54) is 7.11 Å². The minimum absolute atomic E-state index is 0.0216. The fourth-order valence-corrected chi connectivity index (χ4v) is 1.69. The first kappa shape index (κ1) is 16.0. The van der Waals surface area contributed by atoms with Crippen molar-refractivity contribution in [1.82, 2.24) is 5.32 Å². The van der Waals surface area contributed by atoms with Crippen molar-refractivity contribution in [3.63, 3.8) is 0 Å². The van der Waals surface area contributed by atoms with Crippen LogP contribution in [0.15, 0.2) is 30.3 Å². The highest BCUT2D eigenvalue weighted by molar-refractivity contribution is 5.81. The number of carbonyl (C=O) groups excluding carboxylic acids is 2. The topological polar surface area (TPSA) is 64.6 Å². The molecule has 5 heteroatoms. The van der Waals surface area contributed by atoms with Gasteiger partial charge in [-0.25, -0.2) is 9.59 Å². The van der Waals surface area contributed by atoms with Crippen molar-refractivity contribution in [2.24, 2.45) is 5.92 Å². The number of hydrogen-bond acceptors (Lipinski definition) is 4. The lowest BCUT2D eigenvalue weighted by Gasteiger charge is -2.21. The normalized spacial score (nSPS) is 13.2. The van der Waals surface area contributed by atoms with E-state index in [2.05, 4.69) is 10.1 Å². The van der Waals surface area contributed by atoms with Crippen LogP contribution in [0.2, 0.25) is 0 Å². The fourth-order valence-electron chi connectivity index (χ4n) is 1.69. The number of esters is 1. The Hall–Kier alpha value is -2.04. The van der Waals surface area contributed by atoms with Gasteiger partial charge in [-0.05, 0) is 11.5 Å². The van der Waals surface area contributed by atoms with Crippen LogP contribution in [-0.2, 0) is 20.9 Å². The van der Waals surface area contributed by atoms with Crippen LogP contribution >= 0.6 is 0 Å². The predicted octanol–water partition coefficient (Wildman–Crippen LogP) is 2.50. The van der Waals surface area contributed by atoms with Gasteiger partial charge < -0.3 is 14.8 Å². The molecule has 0 aromatic heterocycles. The van der Waals surface area contributed by atoms with E-state index < -0.39 is 18.1 Å². The molecular formula is C15H21NO4. The Morgan fingerprint density at radius 3 is 2.45 bits per heavy atom. The maximum Gasteiger partial charge on any atom is 0.408 e. The summed E-state index contributed by atoms with van der Waals surface area (Å²) in [6.45, 7) is 3.98. The van der Waals surface area contributed by atoms with Crippen molar-refractivity contribution in [1.29, 1.82) is 0 Å². The van der Waals surface area contributed by atoms with Gasteiger partial charge in [-0.15, -0.1) is 0 Å². The molecule has 2 atom stereocenters. The largest absolute Gasteiger partial charge is 0.467 e. The fraction of sp³-hybridized carbons (Fsp3) is 0.467. The molecule has 0 aliphatic rings. The standard InChI is InChI=1S/C15H21NO4/c1-4-11(2)13(14(17)19-3)16-15(18)20-10-12-8-6-5-7-9-12/h5-9,11,13H,4,10H2,1-3H3,(H,16,18). The van der Waals surface area contributed by atoms with E-state index in [1.54, 1.807) is 0 Å². The monoisotopic (exact) mass is 279 g/mol. The number of amides is 1. The minimum Gasteiger partial charge on any atom is -0.467 e. The summed E-state index contributed by atoms with van der Waals surface area (Å²) in [7, 11) is 1.30. The Morgan fingerprint density at radius 2 is 1.90 bits per heavy atom. The van der Waals surface area contributed by atoms with Crippen LogP contribution < -0.4 is 5.32 Å². The Balaban J connectivity index is 2.51. The van der Waals surface area contributed by atoms with Crippen LogP contribution in [0.1, 0.15) is 25.8 Å². The number of methoxy groups -OCH3 is 1. The number of nitrogens with one attached hydrogen (secondary N) is 1. The molecule has 0 saturated carbocycles. The number of rotatable bonds is 6. The van der Waals surface area contributed by atoms with Crippen molar-refractivity contribution in [3.8, 4) is 0 Å². The molecule has 0 aliphatic heterocycles. The third kappa shape index (κ3) is 4.91. The number of carbonyl (C=O) groups is 2. The molecule has 0 saturated heterocycles. The molecule has 1 N–H and O–H groups in total. The first-order valence-electron chi connectivity index (χ1n) is 6.63. The average Bonchev–Trinajstić information content (AvgIpc) is 2.50. The molecule has 5 nitrogen and oxygen atoms in total. The second-order valence-electron chi connectivity index (χ2n) is 4.59. The van der Waals surface area contributed by atoms with Crippen LogP contribution in [0.5, 0.6) is 0 Å². The van der Waals surface area contributed by atoms with Gasteiger partial charge in [-0.3, -0.25) is 0 Å². The molecule has 20 heavy (non-hydrogen) atoms. The third-order valence-corrected chi connectivity index (χ3v) is 3.15. The van der Waals surface area contributed by atoms with Crippen LogP contribution in [0.3, 0.4) is 0 Å². The molecule has 1 aromatic carbocycles. The Kier molecular flexibility index (Phi) is 6.56. The number of benzene rings is 1. The van der Waals surface area contributed by atoms with Crippen LogP contribution in [-0.4, -0.2) is 25.2 Å². The van der Waals surface area contributed by atoms with E-state index in [0.717, 1.165) is 12.0 Å². The number of hydrogen-bond donors (Lipinski definition) is 1. The summed E-state index contributed by atoms with van der Waals surface area (Å²) < 4.78 is 9.78. The summed E-state index contributed by atoms with van der Waals surface area (Å²) in [6, 6.07) is 8.66. The molecular weight excluding hydrogens is 258 g/mol. The zero-order valence-electron chi connectivity index (χ0n) is 12.1. The van der Waals surface area contributed by atoms with Gasteiger partial charge in [0.05, 0.1) is 7.11 Å². The minimum atomic E-state index is -0.687. The molecule has 2 unspecified atom stereocenters. The first-order valence-corrected chi connectivity index (χ1v) is 6.63. The molecule has 110 valence electrons. The highest BCUT2D eigenvalue weighted by Crippen LogP contribution is 2.10. The summed E-state index contributed by atoms with van der Waals surface area (Å²) in [6.07, 6.45) is 0.128. The molecule has 0 radical (unpaired) electrons. The second kappa shape index (κ2) is 8.19. The van der Waals surface area contributed by atoms with Gasteiger partial charge in [0.15, 0.2) is 0 Å². The van der Waals surface area contributed by atoms with E-state index in [0.29, 0.717) is 0 Å². The molecule has 0 spiro atoms. The van der Waals surface area contributed by atoms with E-state index in [9.17, 15) is 9.59 Å². The van der Waals surface area contributed by atoms with Crippen molar-refractivity contribution in [2.75, 3.05) is 7.11 Å². The van der Waals surface area contributed by atoms with Crippen molar-refractivity contribution in [3.05, 3.63) is 35.9 Å². The first-order chi connectivity index (χ1) is 9.58. The van der Waals surface area contributed by atoms with Crippen LogP contribution in [0.25, 0.3) is 0 Å². The second-order valence-corrected chi connectivity index (χ2v) is 4.59. The predicted molar refractivity (Wildman–Crippen MR) is 75.0 cm³/mol. The summed E-state index contributed by atoms with van der Waals surface area (Å²) in [4.78, 5) is 23.4. The summed E-state index contributed by atoms with van der Waals surface area (Å²) in [5.74, 6) is -0.484. The summed E-state index contributed by atoms with van der Waals surface area (Å²) >= 11 is 0. The number of ether oxygens (including phenoxy) is 2. The molecule has 0 fully saturated rings. The highest BCUT2D eigenvalue weighted by Gasteiger charge is 2.27. The van der Waals surface area contributed by atoms with Gasteiger partial charge in [0, 0.05) is 0 Å². The van der Waals surface area contributed by atoms with Crippen LogP contribution in [0, 0.1) is 5.92 Å². The number of alkyl carbamates (subject to hydrolysis) is 1.